The maximum absolute atomic E-state index is 4.74. The van der Waals surface area contributed by atoms with Gasteiger partial charge in [-0.1, -0.05) is 50.2 Å². The van der Waals surface area contributed by atoms with Crippen molar-refractivity contribution in [2.75, 3.05) is 16.4 Å². The Morgan fingerprint density at radius 2 is 1.86 bits per heavy atom. The Bertz CT molecular complexity index is 918. The molecule has 29 heavy (non-hydrogen) atoms. The zero-order valence-corrected chi connectivity index (χ0v) is 19.6. The van der Waals surface area contributed by atoms with E-state index in [9.17, 15) is 0 Å². The average molecular weight is 449 g/mol. The van der Waals surface area contributed by atoms with Gasteiger partial charge < -0.3 is 0 Å². The van der Waals surface area contributed by atoms with Crippen LogP contribution in [0.5, 0.6) is 0 Å². The Kier molecular flexibility index (Phi) is 5.80. The number of unbranched alkanes of at least 4 members (excludes halogenated alkanes) is 2. The van der Waals surface area contributed by atoms with E-state index in [1.165, 1.54) is 61.9 Å². The number of nitrogens with zero attached hydrogens (tertiary/aromatic N) is 5. The van der Waals surface area contributed by atoms with Crippen LogP contribution in [0.15, 0.2) is 10.3 Å². The van der Waals surface area contributed by atoms with E-state index in [1.54, 1.807) is 10.4 Å². The van der Waals surface area contributed by atoms with Crippen molar-refractivity contribution in [3.8, 4) is 5.00 Å². The second-order valence-corrected chi connectivity index (χ2v) is 11.0. The predicted octanol–water partition coefficient (Wildman–Crippen LogP) is 5.33. The first kappa shape index (κ1) is 19.8. The molecule has 0 amide bonds. The molecule has 0 saturated heterocycles. The van der Waals surface area contributed by atoms with Gasteiger partial charge in [-0.25, -0.2) is 4.57 Å². The summed E-state index contributed by atoms with van der Waals surface area (Å²) in [4.78, 5) is 3.85. The van der Waals surface area contributed by atoms with E-state index >= 15 is 0 Å². The minimum atomic E-state index is 0.0671. The summed E-state index contributed by atoms with van der Waals surface area (Å²) >= 11 is 5.62. The maximum Gasteiger partial charge on any atom is 0.241 e. The standard InChI is InChI=1S/C20H28N6S3/c1-3-5-11-27-19-23-21-16-15-13-9-7-8-10-14(13)29-17(15)26-18(25(16)19)22-24-20(26)28-12-6-4-2/h16,21H,3-12H2,1-2H3. The molecule has 0 saturated carbocycles. The molecule has 1 N–H and O–H groups in total. The molecule has 2 aromatic heterocycles. The number of rotatable bonds is 7. The van der Waals surface area contributed by atoms with Crippen LogP contribution in [0.3, 0.4) is 0 Å². The maximum atomic E-state index is 4.74. The highest BCUT2D eigenvalue weighted by Crippen LogP contribution is 2.49. The second kappa shape index (κ2) is 8.51. The van der Waals surface area contributed by atoms with Gasteiger partial charge in [-0.3, -0.25) is 10.3 Å². The zero-order chi connectivity index (χ0) is 19.8. The summed E-state index contributed by atoms with van der Waals surface area (Å²) < 4.78 is 2.32. The molecular formula is C20H28N6S3. The fourth-order valence-electron chi connectivity index (χ4n) is 4.16. The molecule has 6 nitrogen and oxygen atoms in total. The minimum absolute atomic E-state index is 0.0671. The quantitative estimate of drug-likeness (QED) is 0.457. The van der Waals surface area contributed by atoms with Crippen LogP contribution in [0.4, 0.5) is 5.95 Å². The Labute approximate surface area is 184 Å². The molecule has 1 atom stereocenters. The lowest BCUT2D eigenvalue weighted by atomic mass is 9.94. The topological polar surface area (TPSA) is 58.3 Å². The van der Waals surface area contributed by atoms with Crippen molar-refractivity contribution in [3.63, 3.8) is 0 Å². The van der Waals surface area contributed by atoms with E-state index in [2.05, 4.69) is 38.9 Å². The lowest BCUT2D eigenvalue weighted by Gasteiger charge is -2.32. The molecule has 1 unspecified atom stereocenters. The zero-order valence-electron chi connectivity index (χ0n) is 17.1. The molecule has 2 aromatic rings. The molecule has 156 valence electrons. The summed E-state index contributed by atoms with van der Waals surface area (Å²) in [5.74, 6) is 3.09. The third-order valence-corrected chi connectivity index (χ3v) is 9.05. The van der Waals surface area contributed by atoms with Crippen LogP contribution in [-0.2, 0) is 12.8 Å². The predicted molar refractivity (Wildman–Crippen MR) is 125 cm³/mol. The minimum Gasteiger partial charge on any atom is -0.280 e. The number of fused-ring (bicyclic) bond motifs is 8. The smallest absolute Gasteiger partial charge is 0.241 e. The highest BCUT2D eigenvalue weighted by atomic mass is 32.2. The van der Waals surface area contributed by atoms with Gasteiger partial charge in [0.15, 0.2) is 16.5 Å². The van der Waals surface area contributed by atoms with Crippen molar-refractivity contribution in [1.82, 2.24) is 20.2 Å². The molecule has 4 heterocycles. The van der Waals surface area contributed by atoms with Crippen molar-refractivity contribution in [2.24, 2.45) is 5.10 Å². The lowest BCUT2D eigenvalue weighted by molar-refractivity contribution is 0.576. The number of aromatic nitrogens is 3. The van der Waals surface area contributed by atoms with Crippen molar-refractivity contribution in [1.29, 1.82) is 0 Å². The molecular weight excluding hydrogens is 420 g/mol. The first-order valence-corrected chi connectivity index (χ1v) is 13.6. The summed E-state index contributed by atoms with van der Waals surface area (Å²) in [6, 6.07) is 0. The van der Waals surface area contributed by atoms with Crippen LogP contribution in [-0.4, -0.2) is 31.4 Å². The van der Waals surface area contributed by atoms with Crippen LogP contribution < -0.4 is 10.3 Å². The average Bonchev–Trinajstić information content (AvgIpc) is 3.43. The fraction of sp³-hybridized carbons (Fsp3) is 0.650. The lowest BCUT2D eigenvalue weighted by Crippen LogP contribution is -2.38. The number of amidine groups is 1. The monoisotopic (exact) mass is 448 g/mol. The van der Waals surface area contributed by atoms with E-state index in [0.29, 0.717) is 0 Å². The number of aryl methyl sites for hydroxylation is 1. The number of hydrogen-bond donors (Lipinski definition) is 1. The van der Waals surface area contributed by atoms with Crippen LogP contribution >= 0.6 is 34.9 Å². The van der Waals surface area contributed by atoms with Gasteiger partial charge in [0.2, 0.25) is 5.95 Å². The first-order valence-electron chi connectivity index (χ1n) is 10.8. The fourth-order valence-corrected chi connectivity index (χ4v) is 7.72. The molecule has 9 heteroatoms. The van der Waals surface area contributed by atoms with Gasteiger partial charge in [-0.15, -0.1) is 21.5 Å². The van der Waals surface area contributed by atoms with Crippen molar-refractivity contribution < 1.29 is 0 Å². The van der Waals surface area contributed by atoms with Gasteiger partial charge in [-0.05, 0) is 44.1 Å². The van der Waals surface area contributed by atoms with Gasteiger partial charge in [-0.2, -0.15) is 5.10 Å². The van der Waals surface area contributed by atoms with Gasteiger partial charge in [0.05, 0.1) is 0 Å². The molecule has 5 rings (SSSR count). The third kappa shape index (κ3) is 3.39. The second-order valence-electron chi connectivity index (χ2n) is 7.75. The van der Waals surface area contributed by atoms with Gasteiger partial charge in [0, 0.05) is 21.9 Å². The number of anilines is 1. The molecule has 0 fully saturated rings. The molecule has 2 aliphatic heterocycles. The highest BCUT2D eigenvalue weighted by Gasteiger charge is 2.44. The molecule has 0 radical (unpaired) electrons. The van der Waals surface area contributed by atoms with Crippen molar-refractivity contribution in [2.45, 2.75) is 76.5 Å². The number of nitrogens with one attached hydrogen (secondary N) is 1. The van der Waals surface area contributed by atoms with E-state index in [0.717, 1.165) is 27.8 Å². The van der Waals surface area contributed by atoms with Gasteiger partial charge >= 0.3 is 0 Å². The van der Waals surface area contributed by atoms with Crippen molar-refractivity contribution in [3.05, 3.63) is 16.0 Å². The Morgan fingerprint density at radius 3 is 2.69 bits per heavy atom. The van der Waals surface area contributed by atoms with E-state index in [-0.39, 0.29) is 6.17 Å². The molecule has 0 bridgehead atoms. The molecule has 3 aliphatic rings. The summed E-state index contributed by atoms with van der Waals surface area (Å²) in [6.07, 6.45) is 9.85. The van der Waals surface area contributed by atoms with E-state index in [4.69, 9.17) is 5.10 Å². The SMILES string of the molecule is CCCCSC1=NNC2c3c(sc4c3CCCC4)-n3c(SCCCC)nnc3N12. The van der Waals surface area contributed by atoms with E-state index < -0.39 is 0 Å². The van der Waals surface area contributed by atoms with E-state index in [1.807, 2.05) is 34.9 Å². The Balaban J connectivity index is 1.56. The highest BCUT2D eigenvalue weighted by molar-refractivity contribution is 8.14. The van der Waals surface area contributed by atoms with Gasteiger partial charge in [0.25, 0.3) is 0 Å². The van der Waals surface area contributed by atoms with Crippen LogP contribution in [0.25, 0.3) is 5.00 Å². The number of thioether (sulfide) groups is 2. The summed E-state index contributed by atoms with van der Waals surface area (Å²) in [6.45, 7) is 4.47. The van der Waals surface area contributed by atoms with Gasteiger partial charge in [0.1, 0.15) is 5.00 Å². The third-order valence-electron chi connectivity index (χ3n) is 5.71. The number of hydrazone groups is 1. The summed E-state index contributed by atoms with van der Waals surface area (Å²) in [7, 11) is 0. The Morgan fingerprint density at radius 1 is 1.07 bits per heavy atom. The summed E-state index contributed by atoms with van der Waals surface area (Å²) in [5, 5.41) is 17.4. The summed E-state index contributed by atoms with van der Waals surface area (Å²) in [5.41, 5.74) is 6.42. The van der Waals surface area contributed by atoms with Crippen molar-refractivity contribution >= 4 is 46.0 Å². The van der Waals surface area contributed by atoms with Crippen LogP contribution in [0.2, 0.25) is 0 Å². The number of hydrogen-bond acceptors (Lipinski definition) is 8. The molecule has 0 spiro atoms. The number of thiophene rings is 1. The molecule has 1 aliphatic carbocycles. The van der Waals surface area contributed by atoms with Crippen LogP contribution in [0.1, 0.15) is 74.5 Å². The van der Waals surface area contributed by atoms with Crippen LogP contribution in [0, 0.1) is 0 Å². The normalized spacial score (nSPS) is 19.3. The largest absolute Gasteiger partial charge is 0.280 e. The molecule has 0 aromatic carbocycles. The Hall–Kier alpha value is -1.19. The first-order chi connectivity index (χ1) is 14.3.